The molecule has 206 valence electrons. The van der Waals surface area contributed by atoms with Gasteiger partial charge < -0.3 is 15.0 Å². The van der Waals surface area contributed by atoms with Crippen LogP contribution in [0.3, 0.4) is 0 Å². The minimum absolute atomic E-state index is 0.00134. The van der Waals surface area contributed by atoms with E-state index in [0.717, 1.165) is 24.1 Å². The zero-order chi connectivity index (χ0) is 28.0. The summed E-state index contributed by atoms with van der Waals surface area (Å²) in [6, 6.07) is 12.3. The first kappa shape index (κ1) is 29.3. The Morgan fingerprint density at radius 2 is 1.71 bits per heavy atom. The lowest BCUT2D eigenvalue weighted by Crippen LogP contribution is -2.49. The number of anilines is 1. The van der Waals surface area contributed by atoms with Crippen LogP contribution in [0.15, 0.2) is 53.4 Å². The summed E-state index contributed by atoms with van der Waals surface area (Å²) in [5.74, 6) is -2.01. The molecule has 0 aliphatic carbocycles. The van der Waals surface area contributed by atoms with E-state index in [4.69, 9.17) is 4.74 Å². The molecule has 1 N–H and O–H groups in total. The van der Waals surface area contributed by atoms with Crippen molar-refractivity contribution in [2.45, 2.75) is 64.5 Å². The minimum Gasteiger partial charge on any atom is -0.451 e. The van der Waals surface area contributed by atoms with Gasteiger partial charge in [-0.1, -0.05) is 52.0 Å². The first-order chi connectivity index (χ1) is 18.0. The Labute approximate surface area is 225 Å². The number of carbonyl (C=O) groups is 3. The first-order valence-electron chi connectivity index (χ1n) is 13.0. The highest BCUT2D eigenvalue weighted by Gasteiger charge is 2.33. The molecule has 1 heterocycles. The number of esters is 1. The van der Waals surface area contributed by atoms with Crippen molar-refractivity contribution >= 4 is 33.5 Å². The fourth-order valence-corrected chi connectivity index (χ4v) is 6.02. The predicted octanol–water partition coefficient (Wildman–Crippen LogP) is 3.38. The number of sulfonamides is 1. The van der Waals surface area contributed by atoms with Gasteiger partial charge in [-0.25, -0.2) is 13.2 Å². The van der Waals surface area contributed by atoms with Crippen LogP contribution in [0.4, 0.5) is 5.69 Å². The van der Waals surface area contributed by atoms with Crippen LogP contribution in [0.1, 0.15) is 57.0 Å². The van der Waals surface area contributed by atoms with Crippen molar-refractivity contribution < 1.29 is 27.5 Å². The molecule has 10 heteroatoms. The van der Waals surface area contributed by atoms with Gasteiger partial charge in [0, 0.05) is 30.9 Å². The number of amides is 2. The van der Waals surface area contributed by atoms with Gasteiger partial charge in [-0.2, -0.15) is 4.31 Å². The third-order valence-corrected chi connectivity index (χ3v) is 8.71. The summed E-state index contributed by atoms with van der Waals surface area (Å²) in [6.45, 7) is 9.65. The standard InChI is InChI=1S/C28H37N3O6S/c1-6-30(7-2)38(35,36)23-15-10-13-22(18-23)26(32)29-25(19(3)4)28(34)37-20(5)27(33)31-17-11-14-21-12-8-9-16-24(21)31/h8-10,12-13,15-16,18-20,25H,6-7,11,14,17H2,1-5H3,(H,29,32)/t20-,25-/m0/s1. The van der Waals surface area contributed by atoms with Gasteiger partial charge in [-0.3, -0.25) is 9.59 Å². The molecule has 2 amide bonds. The number of hydrogen-bond donors (Lipinski definition) is 1. The van der Waals surface area contributed by atoms with Crippen LogP contribution in [-0.4, -0.2) is 62.3 Å². The topological polar surface area (TPSA) is 113 Å². The maximum absolute atomic E-state index is 13.2. The second kappa shape index (κ2) is 12.5. The zero-order valence-corrected chi connectivity index (χ0v) is 23.5. The summed E-state index contributed by atoms with van der Waals surface area (Å²) >= 11 is 0. The van der Waals surface area contributed by atoms with Gasteiger partial charge in [0.15, 0.2) is 6.10 Å². The lowest BCUT2D eigenvalue weighted by atomic mass is 10.0. The lowest BCUT2D eigenvalue weighted by Gasteiger charge is -2.31. The largest absolute Gasteiger partial charge is 0.451 e. The third kappa shape index (κ3) is 6.42. The Morgan fingerprint density at radius 1 is 1.03 bits per heavy atom. The van der Waals surface area contributed by atoms with Crippen molar-refractivity contribution in [1.82, 2.24) is 9.62 Å². The highest BCUT2D eigenvalue weighted by atomic mass is 32.2. The smallest absolute Gasteiger partial charge is 0.329 e. The molecule has 0 bridgehead atoms. The summed E-state index contributed by atoms with van der Waals surface area (Å²) < 4.78 is 32.6. The second-order valence-corrected chi connectivity index (χ2v) is 11.6. The third-order valence-electron chi connectivity index (χ3n) is 6.66. The Balaban J connectivity index is 1.72. The predicted molar refractivity (Wildman–Crippen MR) is 145 cm³/mol. The van der Waals surface area contributed by atoms with Gasteiger partial charge >= 0.3 is 5.97 Å². The second-order valence-electron chi connectivity index (χ2n) is 9.61. The Morgan fingerprint density at radius 3 is 2.37 bits per heavy atom. The molecule has 3 rings (SSSR count). The van der Waals surface area contributed by atoms with E-state index < -0.39 is 34.0 Å². The van der Waals surface area contributed by atoms with Crippen LogP contribution in [0.25, 0.3) is 0 Å². The molecule has 1 aliphatic heterocycles. The van der Waals surface area contributed by atoms with Gasteiger partial charge in [-0.05, 0) is 55.5 Å². The van der Waals surface area contributed by atoms with E-state index in [2.05, 4.69) is 5.32 Å². The molecule has 2 atom stereocenters. The molecule has 2 aromatic rings. The van der Waals surface area contributed by atoms with E-state index in [-0.39, 0.29) is 22.3 Å². The Kier molecular flexibility index (Phi) is 9.67. The van der Waals surface area contributed by atoms with Gasteiger partial charge in [0.1, 0.15) is 6.04 Å². The van der Waals surface area contributed by atoms with Crippen molar-refractivity contribution in [2.24, 2.45) is 5.92 Å². The molecule has 0 spiro atoms. The molecule has 0 radical (unpaired) electrons. The SMILES string of the molecule is CCN(CC)S(=O)(=O)c1cccc(C(=O)N[C@H](C(=O)O[C@@H](C)C(=O)N2CCCc3ccccc32)C(C)C)c1. The molecular formula is C28H37N3O6S. The number of fused-ring (bicyclic) bond motifs is 1. The number of aryl methyl sites for hydroxylation is 1. The van der Waals surface area contributed by atoms with Crippen molar-refractivity contribution in [3.8, 4) is 0 Å². The first-order valence-corrected chi connectivity index (χ1v) is 14.5. The molecule has 0 fully saturated rings. The number of nitrogens with one attached hydrogen (secondary N) is 1. The van der Waals surface area contributed by atoms with Crippen LogP contribution < -0.4 is 10.2 Å². The van der Waals surface area contributed by atoms with E-state index in [0.29, 0.717) is 19.6 Å². The summed E-state index contributed by atoms with van der Waals surface area (Å²) in [4.78, 5) is 40.9. The number of nitrogens with zero attached hydrogens (tertiary/aromatic N) is 2. The number of hydrogen-bond acceptors (Lipinski definition) is 6. The summed E-state index contributed by atoms with van der Waals surface area (Å²) in [5, 5.41) is 2.66. The van der Waals surface area contributed by atoms with Crippen LogP contribution in [0.5, 0.6) is 0 Å². The van der Waals surface area contributed by atoms with Crippen LogP contribution >= 0.6 is 0 Å². The van der Waals surface area contributed by atoms with Gasteiger partial charge in [0.25, 0.3) is 11.8 Å². The number of carbonyl (C=O) groups excluding carboxylic acids is 3. The van der Waals surface area contributed by atoms with Gasteiger partial charge in [0.2, 0.25) is 10.0 Å². The number of para-hydroxylation sites is 1. The molecule has 2 aromatic carbocycles. The molecule has 0 unspecified atom stereocenters. The molecule has 9 nitrogen and oxygen atoms in total. The number of ether oxygens (including phenoxy) is 1. The summed E-state index contributed by atoms with van der Waals surface area (Å²) in [7, 11) is -3.76. The van der Waals surface area contributed by atoms with E-state index in [9.17, 15) is 22.8 Å². The maximum Gasteiger partial charge on any atom is 0.329 e. The summed E-state index contributed by atoms with van der Waals surface area (Å²) in [5.41, 5.74) is 1.99. The van der Waals surface area contributed by atoms with Crippen molar-refractivity contribution in [2.75, 3.05) is 24.5 Å². The van der Waals surface area contributed by atoms with Crippen LogP contribution in [0.2, 0.25) is 0 Å². The Hall–Kier alpha value is -3.24. The fraction of sp³-hybridized carbons (Fsp3) is 0.464. The molecule has 0 saturated heterocycles. The average Bonchev–Trinajstić information content (AvgIpc) is 2.91. The highest BCUT2D eigenvalue weighted by Crippen LogP contribution is 2.27. The number of rotatable bonds is 10. The molecule has 1 aliphatic rings. The van der Waals surface area contributed by atoms with Gasteiger partial charge in [-0.15, -0.1) is 0 Å². The molecule has 38 heavy (non-hydrogen) atoms. The van der Waals surface area contributed by atoms with Crippen molar-refractivity contribution in [3.63, 3.8) is 0 Å². The van der Waals surface area contributed by atoms with Crippen LogP contribution in [0, 0.1) is 5.92 Å². The quantitative estimate of drug-likeness (QED) is 0.460. The van der Waals surface area contributed by atoms with E-state index >= 15 is 0 Å². The average molecular weight is 544 g/mol. The lowest BCUT2D eigenvalue weighted by molar-refractivity contribution is -0.156. The fourth-order valence-electron chi connectivity index (χ4n) is 4.51. The number of benzene rings is 2. The highest BCUT2D eigenvalue weighted by molar-refractivity contribution is 7.89. The van der Waals surface area contributed by atoms with Crippen molar-refractivity contribution in [3.05, 3.63) is 59.7 Å². The summed E-state index contributed by atoms with van der Waals surface area (Å²) in [6.07, 6.45) is 0.652. The van der Waals surface area contributed by atoms with Crippen LogP contribution in [-0.2, 0) is 30.8 Å². The van der Waals surface area contributed by atoms with E-state index in [1.165, 1.54) is 35.5 Å². The maximum atomic E-state index is 13.2. The van der Waals surface area contributed by atoms with Crippen molar-refractivity contribution in [1.29, 1.82) is 0 Å². The minimum atomic E-state index is -3.76. The molecular weight excluding hydrogens is 506 g/mol. The van der Waals surface area contributed by atoms with Gasteiger partial charge in [0.05, 0.1) is 4.90 Å². The van der Waals surface area contributed by atoms with E-state index in [1.54, 1.807) is 32.6 Å². The Bertz CT molecular complexity index is 1270. The van der Waals surface area contributed by atoms with E-state index in [1.807, 2.05) is 24.3 Å². The zero-order valence-electron chi connectivity index (χ0n) is 22.6. The normalized spacial score (nSPS) is 15.1. The molecule has 0 aromatic heterocycles. The molecule has 0 saturated carbocycles. The monoisotopic (exact) mass is 543 g/mol.